The molecular weight excluding hydrogens is 347 g/mol. The summed E-state index contributed by atoms with van der Waals surface area (Å²) in [5.41, 5.74) is 1.15. The van der Waals surface area contributed by atoms with E-state index >= 15 is 0 Å². The molecule has 142 valence electrons. The van der Waals surface area contributed by atoms with Crippen LogP contribution in [0.25, 0.3) is 11.0 Å². The number of nitrogens with zero attached hydrogens (tertiary/aromatic N) is 5. The van der Waals surface area contributed by atoms with Gasteiger partial charge in [-0.3, -0.25) is 9.69 Å². The van der Waals surface area contributed by atoms with Gasteiger partial charge in [0.1, 0.15) is 0 Å². The van der Waals surface area contributed by atoms with Crippen LogP contribution in [0.3, 0.4) is 0 Å². The second-order valence-corrected chi connectivity index (χ2v) is 6.86. The number of amides is 1. The highest BCUT2D eigenvalue weighted by molar-refractivity contribution is 5.96. The normalized spacial score (nSPS) is 17.1. The largest absolute Gasteiger partial charge is 0.401 e. The van der Waals surface area contributed by atoms with Crippen LogP contribution in [0.4, 0.5) is 13.2 Å². The second-order valence-electron chi connectivity index (χ2n) is 6.86. The Balaban J connectivity index is 1.72. The predicted octanol–water partition coefficient (Wildman–Crippen LogP) is 2.72. The van der Waals surface area contributed by atoms with Crippen LogP contribution < -0.4 is 0 Å². The lowest BCUT2D eigenvalue weighted by atomic mass is 10.2. The van der Waals surface area contributed by atoms with Crippen LogP contribution in [0.15, 0.2) is 18.5 Å². The van der Waals surface area contributed by atoms with E-state index in [0.717, 1.165) is 5.39 Å². The molecule has 0 aromatic carbocycles. The van der Waals surface area contributed by atoms with Gasteiger partial charge in [-0.15, -0.1) is 0 Å². The van der Waals surface area contributed by atoms with Gasteiger partial charge in [0, 0.05) is 43.8 Å². The molecule has 0 N–H and O–H groups in total. The van der Waals surface area contributed by atoms with Crippen LogP contribution in [0, 0.1) is 0 Å². The van der Waals surface area contributed by atoms with Gasteiger partial charge in [-0.1, -0.05) is 0 Å². The number of pyridine rings is 1. The molecule has 26 heavy (non-hydrogen) atoms. The number of carbonyl (C=O) groups is 1. The molecule has 0 atom stereocenters. The molecule has 0 bridgehead atoms. The molecule has 6 nitrogen and oxygen atoms in total. The molecule has 0 aliphatic carbocycles. The zero-order valence-electron chi connectivity index (χ0n) is 14.8. The summed E-state index contributed by atoms with van der Waals surface area (Å²) in [4.78, 5) is 20.1. The molecule has 9 heteroatoms. The Morgan fingerprint density at radius 3 is 2.65 bits per heavy atom. The number of alkyl halides is 3. The number of fused-ring (bicyclic) bond motifs is 1. The van der Waals surface area contributed by atoms with Crippen molar-refractivity contribution in [3.8, 4) is 0 Å². The quantitative estimate of drug-likeness (QED) is 0.835. The highest BCUT2D eigenvalue weighted by atomic mass is 19.4. The van der Waals surface area contributed by atoms with Crippen molar-refractivity contribution in [2.24, 2.45) is 0 Å². The number of hydrogen-bond donors (Lipinski definition) is 0. The maximum Gasteiger partial charge on any atom is 0.401 e. The van der Waals surface area contributed by atoms with Gasteiger partial charge in [0.05, 0.1) is 18.3 Å². The minimum atomic E-state index is -4.22. The first-order valence-electron chi connectivity index (χ1n) is 8.66. The Morgan fingerprint density at radius 1 is 1.19 bits per heavy atom. The monoisotopic (exact) mass is 369 g/mol. The van der Waals surface area contributed by atoms with Crippen LogP contribution in [0.2, 0.25) is 0 Å². The molecule has 0 radical (unpaired) electrons. The summed E-state index contributed by atoms with van der Waals surface area (Å²) in [5.74, 6) is -0.203. The van der Waals surface area contributed by atoms with Crippen molar-refractivity contribution in [3.05, 3.63) is 24.0 Å². The number of carbonyl (C=O) groups excluding carboxylic acids is 1. The fraction of sp³-hybridized carbons (Fsp3) is 0.588. The highest BCUT2D eigenvalue weighted by Crippen LogP contribution is 2.20. The Morgan fingerprint density at radius 2 is 1.96 bits per heavy atom. The SMILES string of the molecule is CC(C)n1ncc2cc(C(=O)N3CCCN(CC(F)(F)F)CC3)cnc21. The van der Waals surface area contributed by atoms with E-state index in [1.54, 1.807) is 21.8 Å². The molecule has 2 aromatic rings. The first kappa shape index (κ1) is 18.6. The minimum absolute atomic E-state index is 0.159. The molecule has 1 amide bonds. The predicted molar refractivity (Wildman–Crippen MR) is 90.9 cm³/mol. The summed E-state index contributed by atoms with van der Waals surface area (Å²) in [6.07, 6.45) is -0.510. The Labute approximate surface area is 149 Å². The molecular formula is C17H22F3N5O. The average Bonchev–Trinajstić information content (AvgIpc) is 2.86. The second kappa shape index (κ2) is 7.22. The number of halogens is 3. The average molecular weight is 369 g/mol. The zero-order valence-corrected chi connectivity index (χ0v) is 14.8. The third kappa shape index (κ3) is 4.14. The van der Waals surface area contributed by atoms with Crippen molar-refractivity contribution < 1.29 is 18.0 Å². The first-order chi connectivity index (χ1) is 12.2. The number of hydrogen-bond acceptors (Lipinski definition) is 4. The smallest absolute Gasteiger partial charge is 0.337 e. The molecule has 1 saturated heterocycles. The maximum absolute atomic E-state index is 12.7. The van der Waals surface area contributed by atoms with Gasteiger partial charge in [-0.05, 0) is 26.3 Å². The van der Waals surface area contributed by atoms with Crippen molar-refractivity contribution in [1.82, 2.24) is 24.6 Å². The molecule has 0 saturated carbocycles. The summed E-state index contributed by atoms with van der Waals surface area (Å²) in [6.45, 7) is 4.33. The Hall–Kier alpha value is -2.16. The minimum Gasteiger partial charge on any atom is -0.337 e. The van der Waals surface area contributed by atoms with E-state index in [9.17, 15) is 18.0 Å². The van der Waals surface area contributed by atoms with Gasteiger partial charge in [0.25, 0.3) is 5.91 Å². The summed E-state index contributed by atoms with van der Waals surface area (Å²) in [5, 5.41) is 5.06. The molecule has 1 aliphatic heterocycles. The summed E-state index contributed by atoms with van der Waals surface area (Å²) >= 11 is 0. The van der Waals surface area contributed by atoms with Gasteiger partial charge in [0.2, 0.25) is 0 Å². The van der Waals surface area contributed by atoms with Crippen LogP contribution in [0.5, 0.6) is 0 Å². The fourth-order valence-electron chi connectivity index (χ4n) is 3.20. The van der Waals surface area contributed by atoms with Crippen LogP contribution in [-0.2, 0) is 0 Å². The van der Waals surface area contributed by atoms with Gasteiger partial charge in [0.15, 0.2) is 5.65 Å². The van der Waals surface area contributed by atoms with E-state index in [4.69, 9.17) is 0 Å². The molecule has 2 aromatic heterocycles. The number of aromatic nitrogens is 3. The fourth-order valence-corrected chi connectivity index (χ4v) is 3.20. The van der Waals surface area contributed by atoms with E-state index in [1.165, 1.54) is 11.1 Å². The molecule has 3 heterocycles. The Bertz CT molecular complexity index is 786. The molecule has 0 unspecified atom stereocenters. The summed E-state index contributed by atoms with van der Waals surface area (Å²) in [7, 11) is 0. The Kier molecular flexibility index (Phi) is 5.17. The topological polar surface area (TPSA) is 54.3 Å². The van der Waals surface area contributed by atoms with Gasteiger partial charge in [-0.2, -0.15) is 18.3 Å². The molecule has 0 spiro atoms. The number of rotatable bonds is 3. The molecule has 1 aliphatic rings. The third-order valence-electron chi connectivity index (χ3n) is 4.45. The van der Waals surface area contributed by atoms with Gasteiger partial charge in [-0.25, -0.2) is 9.67 Å². The lowest BCUT2D eigenvalue weighted by molar-refractivity contribution is -0.145. The standard InChI is InChI=1S/C17H22F3N5O/c1-12(2)25-15-13(10-22-25)8-14(9-21-15)16(26)24-5-3-4-23(6-7-24)11-17(18,19)20/h8-10,12H,3-7,11H2,1-2H3. The van der Waals surface area contributed by atoms with Crippen LogP contribution in [0.1, 0.15) is 36.7 Å². The van der Waals surface area contributed by atoms with E-state index in [1.807, 2.05) is 13.8 Å². The van der Waals surface area contributed by atoms with E-state index in [-0.39, 0.29) is 25.0 Å². The molecule has 3 rings (SSSR count). The van der Waals surface area contributed by atoms with Crippen LogP contribution in [-0.4, -0.2) is 69.4 Å². The van der Waals surface area contributed by atoms with Crippen molar-refractivity contribution in [2.45, 2.75) is 32.5 Å². The molecule has 1 fully saturated rings. The lowest BCUT2D eigenvalue weighted by Crippen LogP contribution is -2.38. The van der Waals surface area contributed by atoms with E-state index < -0.39 is 12.7 Å². The highest BCUT2D eigenvalue weighted by Gasteiger charge is 2.32. The van der Waals surface area contributed by atoms with Crippen molar-refractivity contribution in [3.63, 3.8) is 0 Å². The third-order valence-corrected chi connectivity index (χ3v) is 4.45. The summed E-state index contributed by atoms with van der Waals surface area (Å²) in [6, 6.07) is 1.90. The maximum atomic E-state index is 12.7. The lowest BCUT2D eigenvalue weighted by Gasteiger charge is -2.22. The zero-order chi connectivity index (χ0) is 18.9. The van der Waals surface area contributed by atoms with E-state index in [0.29, 0.717) is 30.7 Å². The van der Waals surface area contributed by atoms with E-state index in [2.05, 4.69) is 10.1 Å². The van der Waals surface area contributed by atoms with Crippen LogP contribution >= 0.6 is 0 Å². The van der Waals surface area contributed by atoms with Crippen molar-refractivity contribution in [1.29, 1.82) is 0 Å². The first-order valence-corrected chi connectivity index (χ1v) is 8.66. The van der Waals surface area contributed by atoms with Gasteiger partial charge < -0.3 is 4.90 Å². The van der Waals surface area contributed by atoms with Crippen molar-refractivity contribution in [2.75, 3.05) is 32.7 Å². The van der Waals surface area contributed by atoms with Gasteiger partial charge >= 0.3 is 6.18 Å². The van der Waals surface area contributed by atoms with Crippen molar-refractivity contribution >= 4 is 16.9 Å². The summed E-state index contributed by atoms with van der Waals surface area (Å²) < 4.78 is 39.5.